The number of nitrogens with zero attached hydrogens (tertiary/aromatic N) is 3. The lowest BCUT2D eigenvalue weighted by molar-refractivity contribution is 0.201. The van der Waals surface area contributed by atoms with Crippen molar-refractivity contribution in [1.29, 1.82) is 0 Å². The molecule has 0 saturated carbocycles. The first-order valence-electron chi connectivity index (χ1n) is 7.65. The maximum atomic E-state index is 13.6. The highest BCUT2D eigenvalue weighted by molar-refractivity contribution is 9.10. The van der Waals surface area contributed by atoms with Crippen molar-refractivity contribution in [3.05, 3.63) is 75.6 Å². The third kappa shape index (κ3) is 4.04. The van der Waals surface area contributed by atoms with Crippen LogP contribution in [0.2, 0.25) is 0 Å². The molecule has 3 heterocycles. The minimum absolute atomic E-state index is 0.0540. The van der Waals surface area contributed by atoms with Crippen LogP contribution in [0.15, 0.2) is 52.7 Å². The lowest BCUT2D eigenvalue weighted by atomic mass is 10.1. The second-order valence-corrected chi connectivity index (χ2v) is 6.48. The van der Waals surface area contributed by atoms with Crippen molar-refractivity contribution >= 4 is 21.6 Å². The lowest BCUT2D eigenvalue weighted by Crippen LogP contribution is -2.25. The summed E-state index contributed by atoms with van der Waals surface area (Å²) in [4.78, 5) is 10.1. The fraction of sp³-hybridized carbons (Fsp3) is 0.222. The molecule has 0 radical (unpaired) electrons. The molecule has 0 fully saturated rings. The van der Waals surface area contributed by atoms with Crippen molar-refractivity contribution in [3.8, 4) is 0 Å². The summed E-state index contributed by atoms with van der Waals surface area (Å²) >= 11 is 3.39. The molecule has 1 aliphatic heterocycles. The Kier molecular flexibility index (Phi) is 5.13. The van der Waals surface area contributed by atoms with Crippen LogP contribution in [0.4, 0.5) is 14.5 Å². The van der Waals surface area contributed by atoms with Gasteiger partial charge in [0, 0.05) is 30.2 Å². The Balaban J connectivity index is 1.71. The Morgan fingerprint density at radius 3 is 2.72 bits per heavy atom. The van der Waals surface area contributed by atoms with Crippen LogP contribution < -0.4 is 4.90 Å². The van der Waals surface area contributed by atoms with E-state index in [2.05, 4.69) is 30.8 Å². The maximum absolute atomic E-state index is 13.6. The standard InChI is InChI=1S/C18H16BrF2N3O/c1-11-8-23-18(19)7-17(11)24-4-3-14(5-12(24)2)25-10-16-15(21)6-13(20)9-22-16/h3,5-9H,4,10H2,1-2H3. The van der Waals surface area contributed by atoms with Gasteiger partial charge in [-0.25, -0.2) is 13.8 Å². The van der Waals surface area contributed by atoms with Gasteiger partial charge in [0.25, 0.3) is 0 Å². The minimum Gasteiger partial charge on any atom is -0.487 e. The van der Waals surface area contributed by atoms with Gasteiger partial charge in [-0.3, -0.25) is 4.98 Å². The van der Waals surface area contributed by atoms with Crippen LogP contribution in [0, 0.1) is 18.6 Å². The second-order valence-electron chi connectivity index (χ2n) is 5.67. The Bertz CT molecular complexity index is 867. The van der Waals surface area contributed by atoms with Gasteiger partial charge in [-0.2, -0.15) is 0 Å². The van der Waals surface area contributed by atoms with Gasteiger partial charge in [-0.1, -0.05) is 0 Å². The zero-order valence-electron chi connectivity index (χ0n) is 13.8. The van der Waals surface area contributed by atoms with Crippen LogP contribution in [0.1, 0.15) is 18.2 Å². The average molecular weight is 408 g/mol. The zero-order valence-corrected chi connectivity index (χ0v) is 15.3. The average Bonchev–Trinajstić information content (AvgIpc) is 2.57. The summed E-state index contributed by atoms with van der Waals surface area (Å²) < 4.78 is 32.9. The SMILES string of the molecule is CC1=CC(OCc2ncc(F)cc2F)=CCN1c1cc(Br)ncc1C. The van der Waals surface area contributed by atoms with Crippen molar-refractivity contribution in [2.45, 2.75) is 20.5 Å². The largest absolute Gasteiger partial charge is 0.487 e. The van der Waals surface area contributed by atoms with Crippen molar-refractivity contribution in [3.63, 3.8) is 0 Å². The zero-order chi connectivity index (χ0) is 18.0. The predicted molar refractivity (Wildman–Crippen MR) is 94.8 cm³/mol. The van der Waals surface area contributed by atoms with E-state index in [1.807, 2.05) is 38.3 Å². The molecule has 3 rings (SSSR count). The molecular weight excluding hydrogens is 392 g/mol. The number of anilines is 1. The van der Waals surface area contributed by atoms with E-state index in [-0.39, 0.29) is 12.3 Å². The predicted octanol–water partition coefficient (Wildman–Crippen LogP) is 4.65. The summed E-state index contributed by atoms with van der Waals surface area (Å²) in [6.07, 6.45) is 6.57. The normalized spacial score (nSPS) is 14.2. The Labute approximate surface area is 153 Å². The van der Waals surface area contributed by atoms with E-state index in [1.54, 1.807) is 0 Å². The van der Waals surface area contributed by atoms with Crippen molar-refractivity contribution in [2.75, 3.05) is 11.4 Å². The number of ether oxygens (including phenoxy) is 1. The minimum atomic E-state index is -0.712. The van der Waals surface area contributed by atoms with Crippen molar-refractivity contribution in [2.24, 2.45) is 0 Å². The molecule has 2 aromatic rings. The van der Waals surface area contributed by atoms with Gasteiger partial charge in [-0.05, 0) is 53.6 Å². The van der Waals surface area contributed by atoms with Crippen LogP contribution >= 0.6 is 15.9 Å². The van der Waals surface area contributed by atoms with Gasteiger partial charge < -0.3 is 9.64 Å². The monoisotopic (exact) mass is 407 g/mol. The van der Waals surface area contributed by atoms with E-state index in [4.69, 9.17) is 4.74 Å². The van der Waals surface area contributed by atoms with Gasteiger partial charge in [0.1, 0.15) is 28.5 Å². The molecule has 0 atom stereocenters. The molecule has 0 bridgehead atoms. The Hall–Kier alpha value is -2.28. The molecule has 130 valence electrons. The molecule has 0 aliphatic carbocycles. The maximum Gasteiger partial charge on any atom is 0.151 e. The third-order valence-electron chi connectivity index (χ3n) is 3.84. The summed E-state index contributed by atoms with van der Waals surface area (Å²) in [6, 6.07) is 2.76. The molecule has 1 aliphatic rings. The number of pyridine rings is 2. The summed E-state index contributed by atoms with van der Waals surface area (Å²) in [6.45, 7) is 4.54. The van der Waals surface area contributed by atoms with Gasteiger partial charge in [0.15, 0.2) is 5.82 Å². The molecule has 0 amide bonds. The quantitative estimate of drug-likeness (QED) is 0.691. The van der Waals surface area contributed by atoms with Crippen LogP contribution in [0.5, 0.6) is 0 Å². The van der Waals surface area contributed by atoms with Gasteiger partial charge in [-0.15, -0.1) is 0 Å². The molecule has 0 saturated heterocycles. The topological polar surface area (TPSA) is 38.2 Å². The summed E-state index contributed by atoms with van der Waals surface area (Å²) in [5.41, 5.74) is 3.18. The van der Waals surface area contributed by atoms with Crippen LogP contribution in [-0.4, -0.2) is 16.5 Å². The van der Waals surface area contributed by atoms with Gasteiger partial charge >= 0.3 is 0 Å². The van der Waals surface area contributed by atoms with Crippen LogP contribution in [0.25, 0.3) is 0 Å². The first-order valence-corrected chi connectivity index (χ1v) is 8.44. The number of allylic oxidation sites excluding steroid dienone is 2. The van der Waals surface area contributed by atoms with Crippen molar-refractivity contribution in [1.82, 2.24) is 9.97 Å². The van der Waals surface area contributed by atoms with E-state index in [9.17, 15) is 8.78 Å². The van der Waals surface area contributed by atoms with E-state index in [0.717, 1.165) is 33.8 Å². The highest BCUT2D eigenvalue weighted by Gasteiger charge is 2.16. The Morgan fingerprint density at radius 2 is 2.00 bits per heavy atom. The third-order valence-corrected chi connectivity index (χ3v) is 4.28. The fourth-order valence-corrected chi connectivity index (χ4v) is 2.86. The summed E-state index contributed by atoms with van der Waals surface area (Å²) in [5.74, 6) is -0.788. The fourth-order valence-electron chi connectivity index (χ4n) is 2.54. The van der Waals surface area contributed by atoms with Crippen LogP contribution in [-0.2, 0) is 11.3 Å². The molecule has 7 heteroatoms. The van der Waals surface area contributed by atoms with E-state index < -0.39 is 11.6 Å². The van der Waals surface area contributed by atoms with Crippen molar-refractivity contribution < 1.29 is 13.5 Å². The molecule has 0 aromatic carbocycles. The molecule has 0 spiro atoms. The molecule has 0 unspecified atom stereocenters. The van der Waals surface area contributed by atoms with E-state index >= 15 is 0 Å². The highest BCUT2D eigenvalue weighted by Crippen LogP contribution is 2.28. The van der Waals surface area contributed by atoms with E-state index in [1.165, 1.54) is 0 Å². The van der Waals surface area contributed by atoms with Gasteiger partial charge in [0.2, 0.25) is 0 Å². The number of aryl methyl sites for hydroxylation is 1. The number of rotatable bonds is 4. The highest BCUT2D eigenvalue weighted by atomic mass is 79.9. The van der Waals surface area contributed by atoms with Crippen LogP contribution in [0.3, 0.4) is 0 Å². The molecule has 2 aromatic heterocycles. The molecule has 0 N–H and O–H groups in total. The first-order chi connectivity index (χ1) is 11.9. The summed E-state index contributed by atoms with van der Waals surface area (Å²) in [5, 5.41) is 0. The second kappa shape index (κ2) is 7.31. The summed E-state index contributed by atoms with van der Waals surface area (Å²) in [7, 11) is 0. The number of hydrogen-bond acceptors (Lipinski definition) is 4. The molecular formula is C18H16BrF2N3O. The molecule has 4 nitrogen and oxygen atoms in total. The molecule has 25 heavy (non-hydrogen) atoms. The number of hydrogen-bond donors (Lipinski definition) is 0. The Morgan fingerprint density at radius 1 is 1.20 bits per heavy atom. The number of aromatic nitrogens is 2. The number of halogens is 3. The van der Waals surface area contributed by atoms with E-state index in [0.29, 0.717) is 12.3 Å². The lowest BCUT2D eigenvalue weighted by Gasteiger charge is -2.29. The van der Waals surface area contributed by atoms with Gasteiger partial charge in [0.05, 0.1) is 6.20 Å². The first kappa shape index (κ1) is 17.5. The smallest absolute Gasteiger partial charge is 0.151 e.